The van der Waals surface area contributed by atoms with Crippen molar-refractivity contribution < 1.29 is 22.7 Å². The Labute approximate surface area is 151 Å². The van der Waals surface area contributed by atoms with Crippen molar-refractivity contribution >= 4 is 5.91 Å². The molecule has 144 valence electrons. The summed E-state index contributed by atoms with van der Waals surface area (Å²) in [6.45, 7) is 3.34. The van der Waals surface area contributed by atoms with E-state index in [0.29, 0.717) is 25.3 Å². The molecule has 2 heterocycles. The van der Waals surface area contributed by atoms with E-state index >= 15 is 0 Å². The number of alkyl halides is 3. The molecule has 2 fully saturated rings. The molecule has 1 N–H and O–H groups in total. The van der Waals surface area contributed by atoms with Crippen molar-refractivity contribution in [3.05, 3.63) is 35.4 Å². The van der Waals surface area contributed by atoms with Crippen LogP contribution in [0.2, 0.25) is 0 Å². The minimum absolute atomic E-state index is 0.0480. The van der Waals surface area contributed by atoms with Gasteiger partial charge in [0.05, 0.1) is 5.56 Å². The zero-order valence-electron chi connectivity index (χ0n) is 14.7. The molecule has 0 radical (unpaired) electrons. The van der Waals surface area contributed by atoms with Crippen LogP contribution < -0.4 is 5.32 Å². The van der Waals surface area contributed by atoms with Crippen LogP contribution in [-0.4, -0.2) is 43.2 Å². The molecule has 0 saturated carbocycles. The molecular formula is C19H25F3N2O2. The van der Waals surface area contributed by atoms with Crippen LogP contribution in [0.4, 0.5) is 13.2 Å². The van der Waals surface area contributed by atoms with E-state index < -0.39 is 11.7 Å². The minimum Gasteiger partial charge on any atom is -0.381 e. The van der Waals surface area contributed by atoms with Crippen molar-refractivity contribution in [1.29, 1.82) is 0 Å². The topological polar surface area (TPSA) is 41.6 Å². The van der Waals surface area contributed by atoms with Crippen LogP contribution in [0.25, 0.3) is 0 Å². The predicted octanol–water partition coefficient (Wildman–Crippen LogP) is 3.21. The first kappa shape index (κ1) is 19.2. The molecule has 2 saturated heterocycles. The number of amides is 1. The fourth-order valence-electron chi connectivity index (χ4n) is 3.62. The lowest BCUT2D eigenvalue weighted by Gasteiger charge is -2.33. The first-order chi connectivity index (χ1) is 12.4. The lowest BCUT2D eigenvalue weighted by atomic mass is 9.97. The second kappa shape index (κ2) is 8.39. The second-order valence-electron chi connectivity index (χ2n) is 7.14. The van der Waals surface area contributed by atoms with Crippen molar-refractivity contribution in [2.45, 2.75) is 44.4 Å². The van der Waals surface area contributed by atoms with Crippen LogP contribution in [-0.2, 0) is 22.3 Å². The van der Waals surface area contributed by atoms with Gasteiger partial charge in [0.25, 0.3) is 0 Å². The number of likely N-dealkylation sites (tertiary alicyclic amines) is 1. The molecule has 0 atom stereocenters. The quantitative estimate of drug-likeness (QED) is 0.885. The fourth-order valence-corrected chi connectivity index (χ4v) is 3.62. The molecule has 3 rings (SSSR count). The monoisotopic (exact) mass is 370 g/mol. The Kier molecular flexibility index (Phi) is 6.19. The average Bonchev–Trinajstić information content (AvgIpc) is 2.63. The number of carbonyl (C=O) groups excluding carboxylic acids is 1. The summed E-state index contributed by atoms with van der Waals surface area (Å²) in [5, 5.41) is 3.13. The van der Waals surface area contributed by atoms with Crippen molar-refractivity contribution in [2.75, 3.05) is 26.3 Å². The Balaban J connectivity index is 1.46. The van der Waals surface area contributed by atoms with Gasteiger partial charge in [-0.15, -0.1) is 0 Å². The van der Waals surface area contributed by atoms with Gasteiger partial charge in [-0.25, -0.2) is 0 Å². The second-order valence-corrected chi connectivity index (χ2v) is 7.14. The molecule has 1 aromatic carbocycles. The first-order valence-corrected chi connectivity index (χ1v) is 9.18. The number of hydrogen-bond acceptors (Lipinski definition) is 3. The highest BCUT2D eigenvalue weighted by molar-refractivity contribution is 5.79. The maximum Gasteiger partial charge on any atom is 0.416 e. The summed E-state index contributed by atoms with van der Waals surface area (Å²) in [5.74, 6) is 0.163. The minimum atomic E-state index is -4.31. The molecule has 1 aromatic rings. The number of carbonyl (C=O) groups is 1. The summed E-state index contributed by atoms with van der Waals surface area (Å²) >= 11 is 0. The summed E-state index contributed by atoms with van der Waals surface area (Å²) in [6.07, 6.45) is -1.10. The number of rotatable bonds is 4. The van der Waals surface area contributed by atoms with Gasteiger partial charge in [-0.2, -0.15) is 13.2 Å². The zero-order chi connectivity index (χ0) is 18.6. The van der Waals surface area contributed by atoms with Gasteiger partial charge >= 0.3 is 6.18 Å². The third kappa shape index (κ3) is 5.20. The van der Waals surface area contributed by atoms with Crippen LogP contribution in [0, 0.1) is 5.92 Å². The summed E-state index contributed by atoms with van der Waals surface area (Å²) < 4.78 is 43.7. The van der Waals surface area contributed by atoms with Crippen molar-refractivity contribution in [3.63, 3.8) is 0 Å². The van der Waals surface area contributed by atoms with Gasteiger partial charge in [0, 0.05) is 44.8 Å². The van der Waals surface area contributed by atoms with Gasteiger partial charge in [-0.05, 0) is 37.3 Å². The van der Waals surface area contributed by atoms with E-state index in [4.69, 9.17) is 4.74 Å². The summed E-state index contributed by atoms with van der Waals surface area (Å²) in [5.41, 5.74) is 0.0677. The number of hydrogen-bond donors (Lipinski definition) is 1. The van der Waals surface area contributed by atoms with E-state index in [2.05, 4.69) is 10.2 Å². The lowest BCUT2D eigenvalue weighted by molar-refractivity contribution is -0.137. The number of ether oxygens (including phenoxy) is 1. The molecule has 0 aliphatic carbocycles. The number of halogens is 3. The van der Waals surface area contributed by atoms with Crippen LogP contribution in [0.1, 0.15) is 36.8 Å². The summed E-state index contributed by atoms with van der Waals surface area (Å²) in [4.78, 5) is 14.4. The van der Waals surface area contributed by atoms with E-state index in [1.807, 2.05) is 0 Å². The van der Waals surface area contributed by atoms with Crippen molar-refractivity contribution in [3.8, 4) is 0 Å². The smallest absolute Gasteiger partial charge is 0.381 e. The lowest BCUT2D eigenvalue weighted by Crippen LogP contribution is -2.46. The SMILES string of the molecule is O=C(NC1CCN(Cc2cccc(C(F)(F)F)c2)CC1)C1CCOCC1. The Morgan fingerprint density at radius 3 is 2.50 bits per heavy atom. The highest BCUT2D eigenvalue weighted by Gasteiger charge is 2.31. The van der Waals surface area contributed by atoms with Crippen LogP contribution >= 0.6 is 0 Å². The molecule has 0 spiro atoms. The molecule has 0 aromatic heterocycles. The van der Waals surface area contributed by atoms with Gasteiger partial charge in [-0.1, -0.05) is 18.2 Å². The molecular weight excluding hydrogens is 345 g/mol. The fraction of sp³-hybridized carbons (Fsp3) is 0.632. The van der Waals surface area contributed by atoms with Crippen LogP contribution in [0.5, 0.6) is 0 Å². The molecule has 2 aliphatic heterocycles. The number of piperidine rings is 1. The molecule has 0 unspecified atom stereocenters. The normalized spacial score (nSPS) is 20.9. The zero-order valence-corrected chi connectivity index (χ0v) is 14.7. The van der Waals surface area contributed by atoms with E-state index in [1.165, 1.54) is 12.1 Å². The molecule has 7 heteroatoms. The Morgan fingerprint density at radius 2 is 1.85 bits per heavy atom. The van der Waals surface area contributed by atoms with E-state index in [1.54, 1.807) is 6.07 Å². The number of nitrogens with zero attached hydrogens (tertiary/aromatic N) is 1. The third-order valence-corrected chi connectivity index (χ3v) is 5.19. The van der Waals surface area contributed by atoms with Crippen LogP contribution in [0.3, 0.4) is 0 Å². The Bertz CT molecular complexity index is 607. The van der Waals surface area contributed by atoms with Gasteiger partial charge in [0.1, 0.15) is 0 Å². The van der Waals surface area contributed by atoms with Gasteiger partial charge in [0.15, 0.2) is 0 Å². The van der Waals surface area contributed by atoms with Crippen molar-refractivity contribution in [1.82, 2.24) is 10.2 Å². The first-order valence-electron chi connectivity index (χ1n) is 9.18. The molecule has 4 nitrogen and oxygen atoms in total. The summed E-state index contributed by atoms with van der Waals surface area (Å²) in [6, 6.07) is 5.66. The number of benzene rings is 1. The van der Waals surface area contributed by atoms with Gasteiger partial charge < -0.3 is 10.1 Å². The highest BCUT2D eigenvalue weighted by Crippen LogP contribution is 2.30. The average molecular weight is 370 g/mol. The van der Waals surface area contributed by atoms with Crippen LogP contribution in [0.15, 0.2) is 24.3 Å². The van der Waals surface area contributed by atoms with Crippen molar-refractivity contribution in [2.24, 2.45) is 5.92 Å². The third-order valence-electron chi connectivity index (χ3n) is 5.19. The van der Waals surface area contributed by atoms with E-state index in [-0.39, 0.29) is 17.9 Å². The molecule has 1 amide bonds. The molecule has 2 aliphatic rings. The maximum atomic E-state index is 12.8. The molecule has 26 heavy (non-hydrogen) atoms. The van der Waals surface area contributed by atoms with E-state index in [0.717, 1.165) is 44.8 Å². The Hall–Kier alpha value is -1.60. The van der Waals surface area contributed by atoms with Gasteiger partial charge in [0.2, 0.25) is 5.91 Å². The summed E-state index contributed by atoms with van der Waals surface area (Å²) in [7, 11) is 0. The Morgan fingerprint density at radius 1 is 1.15 bits per heavy atom. The predicted molar refractivity (Wildman–Crippen MR) is 91.4 cm³/mol. The standard InChI is InChI=1S/C19H25F3N2O2/c20-19(21,22)16-3-1-2-14(12-16)13-24-8-4-17(5-9-24)23-18(25)15-6-10-26-11-7-15/h1-3,12,15,17H,4-11,13H2,(H,23,25). The number of nitrogens with one attached hydrogen (secondary N) is 1. The van der Waals surface area contributed by atoms with Gasteiger partial charge in [-0.3, -0.25) is 9.69 Å². The maximum absolute atomic E-state index is 12.8. The largest absolute Gasteiger partial charge is 0.416 e. The highest BCUT2D eigenvalue weighted by atomic mass is 19.4. The van der Waals surface area contributed by atoms with E-state index in [9.17, 15) is 18.0 Å². The molecule has 0 bridgehead atoms.